The molecular formula is C23H26F2N4O3. The molecule has 7 nitrogen and oxygen atoms in total. The van der Waals surface area contributed by atoms with Crippen LogP contribution in [0.15, 0.2) is 36.7 Å². The minimum absolute atomic E-state index is 0.0951. The summed E-state index contributed by atoms with van der Waals surface area (Å²) in [5.41, 5.74) is 1.53. The number of carbonyl (C=O) groups excluding carboxylic acids is 1. The Morgan fingerprint density at radius 3 is 2.72 bits per heavy atom. The molecule has 32 heavy (non-hydrogen) atoms. The average molecular weight is 444 g/mol. The van der Waals surface area contributed by atoms with E-state index in [2.05, 4.69) is 10.3 Å². The first-order chi connectivity index (χ1) is 15.3. The summed E-state index contributed by atoms with van der Waals surface area (Å²) < 4.78 is 39.2. The van der Waals surface area contributed by atoms with Crippen LogP contribution in [0.3, 0.4) is 0 Å². The van der Waals surface area contributed by atoms with Crippen LogP contribution in [0.5, 0.6) is 5.75 Å². The van der Waals surface area contributed by atoms with E-state index in [0.29, 0.717) is 29.6 Å². The number of halogens is 2. The number of hydrogen-bond donors (Lipinski definition) is 1. The molecule has 0 bridgehead atoms. The van der Waals surface area contributed by atoms with E-state index in [0.717, 1.165) is 18.5 Å². The smallest absolute Gasteiger partial charge is 0.280 e. The molecule has 1 amide bonds. The summed E-state index contributed by atoms with van der Waals surface area (Å²) in [6.07, 6.45) is 3.22. The molecule has 3 aromatic rings. The molecule has 4 rings (SSSR count). The molecule has 0 saturated heterocycles. The lowest BCUT2D eigenvalue weighted by Gasteiger charge is -2.35. The van der Waals surface area contributed by atoms with Crippen LogP contribution < -0.4 is 10.1 Å². The number of alkyl halides is 2. The Balaban J connectivity index is 1.56. The first-order valence-electron chi connectivity index (χ1n) is 10.7. The topological polar surface area (TPSA) is 77.8 Å². The molecule has 1 saturated carbocycles. The first kappa shape index (κ1) is 22.1. The van der Waals surface area contributed by atoms with Crippen molar-refractivity contribution in [3.8, 4) is 5.75 Å². The van der Waals surface area contributed by atoms with Crippen molar-refractivity contribution in [1.29, 1.82) is 0 Å². The van der Waals surface area contributed by atoms with Crippen molar-refractivity contribution in [2.24, 2.45) is 0 Å². The predicted octanol–water partition coefficient (Wildman–Crippen LogP) is 4.99. The molecule has 0 unspecified atom stereocenters. The van der Waals surface area contributed by atoms with E-state index in [4.69, 9.17) is 14.5 Å². The van der Waals surface area contributed by atoms with Gasteiger partial charge in [0.2, 0.25) is 0 Å². The quantitative estimate of drug-likeness (QED) is 0.530. The SMILES string of the molecule is CCOc1cc2nc([C@H]3C[C@@H](OC(C)C)C3)cn2cc1NC(=O)c1cccc(C(F)F)n1. The number of carbonyl (C=O) groups is 1. The molecule has 0 radical (unpaired) electrons. The Hall–Kier alpha value is -3.07. The normalized spacial score (nSPS) is 18.2. The maximum Gasteiger partial charge on any atom is 0.280 e. The zero-order valence-electron chi connectivity index (χ0n) is 18.2. The van der Waals surface area contributed by atoms with Gasteiger partial charge in [0.1, 0.15) is 28.5 Å². The van der Waals surface area contributed by atoms with Crippen molar-refractivity contribution in [3.05, 3.63) is 53.7 Å². The Bertz CT molecular complexity index is 1110. The summed E-state index contributed by atoms with van der Waals surface area (Å²) in [4.78, 5) is 21.1. The number of anilines is 1. The molecule has 0 aliphatic heterocycles. The number of pyridine rings is 2. The molecule has 1 fully saturated rings. The van der Waals surface area contributed by atoms with Crippen LogP contribution in [0.25, 0.3) is 5.65 Å². The maximum atomic E-state index is 12.9. The third-order valence-electron chi connectivity index (χ3n) is 5.33. The highest BCUT2D eigenvalue weighted by Crippen LogP contribution is 2.39. The van der Waals surface area contributed by atoms with Crippen LogP contribution in [-0.4, -0.2) is 39.1 Å². The number of hydrogen-bond acceptors (Lipinski definition) is 5. The van der Waals surface area contributed by atoms with Crippen molar-refractivity contribution >= 4 is 17.2 Å². The third-order valence-corrected chi connectivity index (χ3v) is 5.33. The fourth-order valence-corrected chi connectivity index (χ4v) is 3.79. The van der Waals surface area contributed by atoms with Crippen LogP contribution in [0.2, 0.25) is 0 Å². The van der Waals surface area contributed by atoms with E-state index in [1.54, 1.807) is 12.3 Å². The van der Waals surface area contributed by atoms with Gasteiger partial charge < -0.3 is 19.2 Å². The lowest BCUT2D eigenvalue weighted by molar-refractivity contribution is -0.0455. The van der Waals surface area contributed by atoms with Gasteiger partial charge in [0.05, 0.1) is 24.5 Å². The second-order valence-electron chi connectivity index (χ2n) is 8.09. The lowest BCUT2D eigenvalue weighted by Crippen LogP contribution is -2.32. The van der Waals surface area contributed by atoms with Crippen LogP contribution >= 0.6 is 0 Å². The lowest BCUT2D eigenvalue weighted by atomic mass is 9.80. The molecule has 1 N–H and O–H groups in total. The van der Waals surface area contributed by atoms with E-state index in [-0.39, 0.29) is 17.9 Å². The van der Waals surface area contributed by atoms with E-state index >= 15 is 0 Å². The molecular weight excluding hydrogens is 418 g/mol. The van der Waals surface area contributed by atoms with Crippen LogP contribution in [-0.2, 0) is 4.74 Å². The summed E-state index contributed by atoms with van der Waals surface area (Å²) >= 11 is 0. The third kappa shape index (κ3) is 4.72. The molecule has 3 heterocycles. The number of rotatable bonds is 8. The fraction of sp³-hybridized carbons (Fsp3) is 0.435. The van der Waals surface area contributed by atoms with Gasteiger partial charge in [-0.2, -0.15) is 0 Å². The van der Waals surface area contributed by atoms with Crippen molar-refractivity contribution < 1.29 is 23.0 Å². The van der Waals surface area contributed by atoms with Crippen molar-refractivity contribution in [2.45, 2.75) is 58.2 Å². The number of amides is 1. The Morgan fingerprint density at radius 1 is 1.25 bits per heavy atom. The van der Waals surface area contributed by atoms with Crippen LogP contribution in [0.4, 0.5) is 14.5 Å². The van der Waals surface area contributed by atoms with Gasteiger partial charge in [0.25, 0.3) is 12.3 Å². The van der Waals surface area contributed by atoms with E-state index in [1.807, 2.05) is 31.4 Å². The van der Waals surface area contributed by atoms with Crippen molar-refractivity contribution in [3.63, 3.8) is 0 Å². The highest BCUT2D eigenvalue weighted by Gasteiger charge is 2.33. The molecule has 0 aromatic carbocycles. The van der Waals surface area contributed by atoms with Gasteiger partial charge in [-0.3, -0.25) is 4.79 Å². The van der Waals surface area contributed by atoms with Gasteiger partial charge in [-0.25, -0.2) is 18.7 Å². The van der Waals surface area contributed by atoms with Gasteiger partial charge in [0.15, 0.2) is 0 Å². The zero-order valence-corrected chi connectivity index (χ0v) is 18.2. The van der Waals surface area contributed by atoms with Crippen LogP contribution in [0.1, 0.15) is 67.8 Å². The second-order valence-corrected chi connectivity index (χ2v) is 8.09. The summed E-state index contributed by atoms with van der Waals surface area (Å²) in [6, 6.07) is 5.71. The minimum atomic E-state index is -2.75. The summed E-state index contributed by atoms with van der Waals surface area (Å²) in [5.74, 6) is 0.180. The minimum Gasteiger partial charge on any atom is -0.491 e. The number of ether oxygens (including phenoxy) is 2. The molecule has 0 spiro atoms. The van der Waals surface area contributed by atoms with Gasteiger partial charge in [-0.05, 0) is 45.7 Å². The molecule has 170 valence electrons. The highest BCUT2D eigenvalue weighted by molar-refractivity contribution is 6.03. The van der Waals surface area contributed by atoms with Crippen molar-refractivity contribution in [2.75, 3.05) is 11.9 Å². The molecule has 9 heteroatoms. The fourth-order valence-electron chi connectivity index (χ4n) is 3.79. The number of fused-ring (bicyclic) bond motifs is 1. The predicted molar refractivity (Wildman–Crippen MR) is 115 cm³/mol. The summed E-state index contributed by atoms with van der Waals surface area (Å²) in [5, 5.41) is 2.73. The van der Waals surface area contributed by atoms with Gasteiger partial charge in [-0.15, -0.1) is 0 Å². The number of nitrogens with zero attached hydrogens (tertiary/aromatic N) is 3. The van der Waals surface area contributed by atoms with E-state index in [1.165, 1.54) is 18.2 Å². The second kappa shape index (κ2) is 9.20. The van der Waals surface area contributed by atoms with Gasteiger partial charge in [-0.1, -0.05) is 6.07 Å². The number of nitrogens with one attached hydrogen (secondary N) is 1. The van der Waals surface area contributed by atoms with E-state index in [9.17, 15) is 13.6 Å². The molecule has 3 aromatic heterocycles. The highest BCUT2D eigenvalue weighted by atomic mass is 19.3. The average Bonchev–Trinajstić information content (AvgIpc) is 3.12. The summed E-state index contributed by atoms with van der Waals surface area (Å²) in [6.45, 7) is 6.29. The van der Waals surface area contributed by atoms with Gasteiger partial charge >= 0.3 is 0 Å². The summed E-state index contributed by atoms with van der Waals surface area (Å²) in [7, 11) is 0. The first-order valence-corrected chi connectivity index (χ1v) is 10.7. The van der Waals surface area contributed by atoms with Crippen molar-refractivity contribution in [1.82, 2.24) is 14.4 Å². The molecule has 1 aliphatic carbocycles. The zero-order chi connectivity index (χ0) is 22.8. The van der Waals surface area contributed by atoms with Crippen LogP contribution in [0, 0.1) is 0 Å². The van der Waals surface area contributed by atoms with Gasteiger partial charge in [0, 0.05) is 24.4 Å². The Morgan fingerprint density at radius 2 is 2.03 bits per heavy atom. The number of imidazole rings is 1. The Labute approximate surface area is 184 Å². The Kier molecular flexibility index (Phi) is 6.36. The molecule has 1 aliphatic rings. The standard InChI is InChI=1S/C23H26F2N4O3/c1-4-31-20-10-21-27-18(14-8-15(9-14)32-13(2)3)11-29(21)12-19(20)28-23(30)17-7-5-6-16(26-17)22(24)25/h5-7,10-15,22H,4,8-9H2,1-3H3,(H,28,30)/t14-,15+. The van der Waals surface area contributed by atoms with E-state index < -0.39 is 18.0 Å². The number of aromatic nitrogens is 3. The largest absolute Gasteiger partial charge is 0.491 e. The maximum absolute atomic E-state index is 12.9. The molecule has 0 atom stereocenters. The monoisotopic (exact) mass is 444 g/mol.